The summed E-state index contributed by atoms with van der Waals surface area (Å²) in [5, 5.41) is 11.5. The van der Waals surface area contributed by atoms with Gasteiger partial charge in [0.25, 0.3) is 5.91 Å². The van der Waals surface area contributed by atoms with Crippen LogP contribution in [-0.4, -0.2) is 45.8 Å². The number of hydrogen-bond acceptors (Lipinski definition) is 5. The van der Waals surface area contributed by atoms with Crippen molar-refractivity contribution in [2.75, 3.05) is 20.2 Å². The molecule has 2 atom stereocenters. The molecule has 0 spiro atoms. The highest BCUT2D eigenvalue weighted by Crippen LogP contribution is 2.33. The molecule has 1 aromatic heterocycles. The Morgan fingerprint density at radius 2 is 1.84 bits per heavy atom. The Balaban J connectivity index is 1.23. The monoisotopic (exact) mass is 417 g/mol. The van der Waals surface area contributed by atoms with Crippen LogP contribution in [0.15, 0.2) is 54.6 Å². The average molecular weight is 418 g/mol. The van der Waals surface area contributed by atoms with E-state index >= 15 is 0 Å². The van der Waals surface area contributed by atoms with Crippen molar-refractivity contribution in [3.8, 4) is 5.75 Å². The van der Waals surface area contributed by atoms with Crippen LogP contribution in [-0.2, 0) is 26.1 Å². The Kier molecular flexibility index (Phi) is 5.42. The maximum absolute atomic E-state index is 12.8. The molecule has 2 aliphatic heterocycles. The van der Waals surface area contributed by atoms with E-state index in [4.69, 9.17) is 4.74 Å². The fraction of sp³-hybridized carbons (Fsp3) is 0.375. The first-order valence-corrected chi connectivity index (χ1v) is 10.8. The summed E-state index contributed by atoms with van der Waals surface area (Å²) < 4.78 is 7.38. The normalized spacial score (nSPS) is 20.2. The molecule has 7 nitrogen and oxygen atoms in total. The van der Waals surface area contributed by atoms with E-state index in [1.807, 2.05) is 47.0 Å². The number of rotatable bonds is 6. The first-order valence-electron chi connectivity index (χ1n) is 10.8. The Labute approximate surface area is 182 Å². The number of aromatic nitrogens is 3. The van der Waals surface area contributed by atoms with E-state index in [9.17, 15) is 4.79 Å². The van der Waals surface area contributed by atoms with Crippen LogP contribution < -0.4 is 10.1 Å². The number of likely N-dealkylation sites (tertiary alicyclic amines) is 1. The zero-order valence-corrected chi connectivity index (χ0v) is 17.7. The molecule has 31 heavy (non-hydrogen) atoms. The maximum Gasteiger partial charge on any atom is 0.289 e. The Morgan fingerprint density at radius 3 is 2.68 bits per heavy atom. The van der Waals surface area contributed by atoms with Gasteiger partial charge in [-0.2, -0.15) is 0 Å². The number of carbonyl (C=O) groups is 1. The number of fused-ring (bicyclic) bond motifs is 2. The molecule has 0 unspecified atom stereocenters. The highest BCUT2D eigenvalue weighted by molar-refractivity contribution is 5.90. The molecular weight excluding hydrogens is 390 g/mol. The van der Waals surface area contributed by atoms with Crippen molar-refractivity contribution in [3.63, 3.8) is 0 Å². The molecular formula is C24H27N5O2. The fourth-order valence-corrected chi connectivity index (χ4v) is 4.80. The summed E-state index contributed by atoms with van der Waals surface area (Å²) in [6.07, 6.45) is 0.873. The summed E-state index contributed by atoms with van der Waals surface area (Å²) in [5.74, 6) is 3.15. The quantitative estimate of drug-likeness (QED) is 0.667. The predicted octanol–water partition coefficient (Wildman–Crippen LogP) is 2.52. The molecule has 1 saturated heterocycles. The molecule has 0 saturated carbocycles. The third-order valence-electron chi connectivity index (χ3n) is 6.38. The largest absolute Gasteiger partial charge is 0.497 e. The Morgan fingerprint density at radius 1 is 1.03 bits per heavy atom. The number of methoxy groups -OCH3 is 1. The topological polar surface area (TPSA) is 72.3 Å². The second kappa shape index (κ2) is 8.51. The lowest BCUT2D eigenvalue weighted by molar-refractivity contribution is 0.0932. The summed E-state index contributed by atoms with van der Waals surface area (Å²) in [5.41, 5.74) is 2.33. The number of carbonyl (C=O) groups excluding carboxylic acids is 1. The molecule has 1 amide bonds. The van der Waals surface area contributed by atoms with Crippen LogP contribution >= 0.6 is 0 Å². The summed E-state index contributed by atoms with van der Waals surface area (Å²) in [4.78, 5) is 15.3. The van der Waals surface area contributed by atoms with Gasteiger partial charge in [0, 0.05) is 39.1 Å². The highest BCUT2D eigenvalue weighted by atomic mass is 16.5. The number of amides is 1. The van der Waals surface area contributed by atoms with Crippen LogP contribution in [0.25, 0.3) is 0 Å². The van der Waals surface area contributed by atoms with Gasteiger partial charge in [-0.15, -0.1) is 10.2 Å². The van der Waals surface area contributed by atoms with E-state index in [1.54, 1.807) is 7.11 Å². The number of nitrogens with one attached hydrogen (secondary N) is 1. The number of benzene rings is 2. The van der Waals surface area contributed by atoms with Crippen molar-refractivity contribution in [3.05, 3.63) is 77.4 Å². The molecule has 0 radical (unpaired) electrons. The molecule has 5 rings (SSSR count). The van der Waals surface area contributed by atoms with E-state index in [1.165, 1.54) is 5.56 Å². The zero-order valence-electron chi connectivity index (χ0n) is 17.7. The Hall–Kier alpha value is -3.19. The second-order valence-electron chi connectivity index (χ2n) is 8.49. The summed E-state index contributed by atoms with van der Waals surface area (Å²) in [6.45, 7) is 4.27. The lowest BCUT2D eigenvalue weighted by Crippen LogP contribution is -2.32. The van der Waals surface area contributed by atoms with Crippen molar-refractivity contribution >= 4 is 5.91 Å². The van der Waals surface area contributed by atoms with E-state index in [0.717, 1.165) is 49.7 Å². The van der Waals surface area contributed by atoms with Gasteiger partial charge >= 0.3 is 0 Å². The second-order valence-corrected chi connectivity index (χ2v) is 8.49. The summed E-state index contributed by atoms with van der Waals surface area (Å²) >= 11 is 0. The van der Waals surface area contributed by atoms with Gasteiger partial charge in [0.2, 0.25) is 5.82 Å². The van der Waals surface area contributed by atoms with Crippen molar-refractivity contribution < 1.29 is 9.53 Å². The first-order chi connectivity index (χ1) is 15.2. The van der Waals surface area contributed by atoms with Crippen LogP contribution in [0.4, 0.5) is 0 Å². The maximum atomic E-state index is 12.8. The van der Waals surface area contributed by atoms with Crippen LogP contribution in [0.1, 0.15) is 27.6 Å². The van der Waals surface area contributed by atoms with E-state index in [2.05, 4.69) is 32.5 Å². The third-order valence-corrected chi connectivity index (χ3v) is 6.38. The third kappa shape index (κ3) is 4.18. The molecule has 1 N–H and O–H groups in total. The van der Waals surface area contributed by atoms with Crippen molar-refractivity contribution in [1.82, 2.24) is 25.0 Å². The minimum absolute atomic E-state index is 0.160. The predicted molar refractivity (Wildman–Crippen MR) is 117 cm³/mol. The molecule has 3 heterocycles. The van der Waals surface area contributed by atoms with Gasteiger partial charge < -0.3 is 14.6 Å². The number of ether oxygens (including phenoxy) is 1. The molecule has 3 aromatic rings. The van der Waals surface area contributed by atoms with Crippen molar-refractivity contribution in [1.29, 1.82) is 0 Å². The van der Waals surface area contributed by atoms with Crippen molar-refractivity contribution in [2.24, 2.45) is 11.8 Å². The van der Waals surface area contributed by atoms with E-state index in [-0.39, 0.29) is 5.91 Å². The molecule has 0 aliphatic carbocycles. The molecule has 0 bridgehead atoms. The van der Waals surface area contributed by atoms with E-state index < -0.39 is 0 Å². The molecule has 2 aromatic carbocycles. The van der Waals surface area contributed by atoms with Crippen LogP contribution in [0, 0.1) is 11.8 Å². The van der Waals surface area contributed by atoms with Crippen LogP contribution in [0.3, 0.4) is 0 Å². The van der Waals surface area contributed by atoms with Gasteiger partial charge in [-0.1, -0.05) is 42.5 Å². The number of nitrogens with zero attached hydrogens (tertiary/aromatic N) is 4. The lowest BCUT2D eigenvalue weighted by Gasteiger charge is -2.25. The molecule has 2 aliphatic rings. The minimum Gasteiger partial charge on any atom is -0.497 e. The molecule has 7 heteroatoms. The van der Waals surface area contributed by atoms with Crippen LogP contribution in [0.5, 0.6) is 5.75 Å². The van der Waals surface area contributed by atoms with Gasteiger partial charge in [0.1, 0.15) is 11.6 Å². The lowest BCUT2D eigenvalue weighted by atomic mass is 9.89. The van der Waals surface area contributed by atoms with Crippen molar-refractivity contribution in [2.45, 2.75) is 26.1 Å². The minimum atomic E-state index is -0.160. The SMILES string of the molecule is COc1cccc(CN2C[C@H]3Cc4nnc(C(=O)NCc5ccccc5)n4C[C@@H]3C2)c1. The molecule has 160 valence electrons. The average Bonchev–Trinajstić information content (AvgIpc) is 3.39. The highest BCUT2D eigenvalue weighted by Gasteiger charge is 2.39. The summed E-state index contributed by atoms with van der Waals surface area (Å²) in [7, 11) is 1.70. The fourth-order valence-electron chi connectivity index (χ4n) is 4.80. The summed E-state index contributed by atoms with van der Waals surface area (Å²) in [6, 6.07) is 18.2. The Bertz CT molecular complexity index is 1060. The zero-order chi connectivity index (χ0) is 21.2. The number of hydrogen-bond donors (Lipinski definition) is 1. The van der Waals surface area contributed by atoms with Gasteiger partial charge in [0.05, 0.1) is 7.11 Å². The van der Waals surface area contributed by atoms with Crippen LogP contribution in [0.2, 0.25) is 0 Å². The smallest absolute Gasteiger partial charge is 0.289 e. The van der Waals surface area contributed by atoms with Gasteiger partial charge in [0.15, 0.2) is 0 Å². The van der Waals surface area contributed by atoms with Gasteiger partial charge in [-0.25, -0.2) is 0 Å². The van der Waals surface area contributed by atoms with Gasteiger partial charge in [-0.05, 0) is 35.1 Å². The standard InChI is InChI=1S/C24H27N5O2/c1-31-21-9-5-8-18(10-21)13-28-14-19-11-22-26-27-23(29(22)16-20(19)15-28)24(30)25-12-17-6-3-2-4-7-17/h2-10,19-20H,11-16H2,1H3,(H,25,30)/t19-,20+/m1/s1. The molecule has 1 fully saturated rings. The first kappa shape index (κ1) is 19.8. The van der Waals surface area contributed by atoms with E-state index in [0.29, 0.717) is 24.2 Å². The van der Waals surface area contributed by atoms with Gasteiger partial charge in [-0.3, -0.25) is 9.69 Å².